The van der Waals surface area contributed by atoms with Crippen LogP contribution in [0.1, 0.15) is 53.3 Å². The summed E-state index contributed by atoms with van der Waals surface area (Å²) in [5, 5.41) is 16.0. The Morgan fingerprint density at radius 2 is 1.79 bits per heavy atom. The minimum Gasteiger partial charge on any atom is -0.387 e. The van der Waals surface area contributed by atoms with E-state index in [-0.39, 0.29) is 18.1 Å². The van der Waals surface area contributed by atoms with Crippen LogP contribution in [0.25, 0.3) is 0 Å². The number of hydrogen-bond acceptors (Lipinski definition) is 5. The predicted octanol–water partition coefficient (Wildman–Crippen LogP) is 2.96. The first kappa shape index (κ1) is 19.1. The molecule has 3 N–H and O–H groups in total. The second kappa shape index (κ2) is 8.45. The fourth-order valence-corrected chi connectivity index (χ4v) is 3.99. The molecule has 0 aromatic heterocycles. The third kappa shape index (κ3) is 4.14. The zero-order valence-electron chi connectivity index (χ0n) is 15.9. The van der Waals surface area contributed by atoms with Crippen molar-refractivity contribution in [2.75, 3.05) is 0 Å². The summed E-state index contributed by atoms with van der Waals surface area (Å²) in [5.74, 6) is -1.08. The van der Waals surface area contributed by atoms with Gasteiger partial charge in [-0.15, -0.1) is 0 Å². The fourth-order valence-electron chi connectivity index (χ4n) is 3.99. The van der Waals surface area contributed by atoms with Gasteiger partial charge in [-0.3, -0.25) is 14.8 Å². The normalized spacial score (nSPS) is 23.2. The molecule has 29 heavy (non-hydrogen) atoms. The number of hydroxylamine groups is 1. The van der Waals surface area contributed by atoms with E-state index in [9.17, 15) is 9.59 Å². The SMILES string of the molecule is O=C(NC1CCCC1C(=O)NO)c1ccc(C2CC(c3ccccc3)=NO2)cc1. The minimum absolute atomic E-state index is 0.172. The minimum atomic E-state index is -0.448. The van der Waals surface area contributed by atoms with E-state index in [0.717, 1.165) is 29.7 Å². The molecule has 0 saturated heterocycles. The van der Waals surface area contributed by atoms with Crippen molar-refractivity contribution in [2.24, 2.45) is 11.1 Å². The van der Waals surface area contributed by atoms with Crippen molar-refractivity contribution < 1.29 is 19.6 Å². The number of oxime groups is 1. The zero-order chi connectivity index (χ0) is 20.2. The monoisotopic (exact) mass is 393 g/mol. The van der Waals surface area contributed by atoms with E-state index in [1.165, 1.54) is 0 Å². The number of hydrogen-bond donors (Lipinski definition) is 3. The predicted molar refractivity (Wildman–Crippen MR) is 106 cm³/mol. The number of carbonyl (C=O) groups excluding carboxylic acids is 2. The lowest BCUT2D eigenvalue weighted by atomic mass is 9.99. The molecule has 3 atom stereocenters. The summed E-state index contributed by atoms with van der Waals surface area (Å²) in [4.78, 5) is 29.9. The fraction of sp³-hybridized carbons (Fsp3) is 0.318. The van der Waals surface area contributed by atoms with Gasteiger partial charge in [-0.25, -0.2) is 5.48 Å². The molecule has 2 aromatic rings. The van der Waals surface area contributed by atoms with Crippen LogP contribution in [-0.2, 0) is 9.63 Å². The summed E-state index contributed by atoms with van der Waals surface area (Å²) in [6, 6.07) is 16.9. The summed E-state index contributed by atoms with van der Waals surface area (Å²) >= 11 is 0. The van der Waals surface area contributed by atoms with E-state index in [1.54, 1.807) is 17.6 Å². The van der Waals surface area contributed by atoms with Crippen LogP contribution >= 0.6 is 0 Å². The molecular formula is C22H23N3O4. The lowest BCUT2D eigenvalue weighted by Crippen LogP contribution is -2.43. The molecule has 0 bridgehead atoms. The van der Waals surface area contributed by atoms with E-state index >= 15 is 0 Å². The number of rotatable bonds is 5. The van der Waals surface area contributed by atoms with Crippen molar-refractivity contribution in [1.29, 1.82) is 0 Å². The molecule has 1 aliphatic carbocycles. The Morgan fingerprint density at radius 3 is 2.52 bits per heavy atom. The molecule has 2 aromatic carbocycles. The highest BCUT2D eigenvalue weighted by atomic mass is 16.6. The van der Waals surface area contributed by atoms with Gasteiger partial charge in [0.05, 0.1) is 11.6 Å². The number of amides is 2. The Morgan fingerprint density at radius 1 is 1.03 bits per heavy atom. The van der Waals surface area contributed by atoms with Crippen LogP contribution in [0.3, 0.4) is 0 Å². The molecule has 3 unspecified atom stereocenters. The maximum atomic E-state index is 12.6. The third-order valence-corrected chi connectivity index (χ3v) is 5.60. The maximum absolute atomic E-state index is 12.6. The number of nitrogens with one attached hydrogen (secondary N) is 2. The van der Waals surface area contributed by atoms with Crippen LogP contribution in [-0.4, -0.2) is 28.8 Å². The molecule has 7 nitrogen and oxygen atoms in total. The lowest BCUT2D eigenvalue weighted by molar-refractivity contribution is -0.133. The molecule has 150 valence electrons. The van der Waals surface area contributed by atoms with Crippen molar-refractivity contribution in [3.05, 3.63) is 71.3 Å². The smallest absolute Gasteiger partial charge is 0.251 e. The first-order chi connectivity index (χ1) is 14.2. The van der Waals surface area contributed by atoms with Gasteiger partial charge in [0.2, 0.25) is 5.91 Å². The lowest BCUT2D eigenvalue weighted by Gasteiger charge is -2.19. The first-order valence-electron chi connectivity index (χ1n) is 9.78. The van der Waals surface area contributed by atoms with E-state index in [4.69, 9.17) is 10.0 Å². The van der Waals surface area contributed by atoms with Crippen LogP contribution in [0.5, 0.6) is 0 Å². The molecule has 1 heterocycles. The summed E-state index contributed by atoms with van der Waals surface area (Å²) in [6.07, 6.45) is 2.71. The topological polar surface area (TPSA) is 100 Å². The first-order valence-corrected chi connectivity index (χ1v) is 9.78. The van der Waals surface area contributed by atoms with E-state index in [0.29, 0.717) is 18.4 Å². The van der Waals surface area contributed by atoms with Gasteiger partial charge in [0.25, 0.3) is 5.91 Å². The Kier molecular flexibility index (Phi) is 5.57. The van der Waals surface area contributed by atoms with Gasteiger partial charge < -0.3 is 10.2 Å². The summed E-state index contributed by atoms with van der Waals surface area (Å²) in [7, 11) is 0. The van der Waals surface area contributed by atoms with Crippen LogP contribution in [0, 0.1) is 5.92 Å². The number of carbonyl (C=O) groups is 2. The van der Waals surface area contributed by atoms with Gasteiger partial charge in [-0.1, -0.05) is 54.0 Å². The second-order valence-electron chi connectivity index (χ2n) is 7.42. The standard InChI is InChI=1S/C22H23N3O4/c26-21(23-18-8-4-7-17(18)22(27)24-28)16-11-9-15(10-12-16)20-13-19(25-29-20)14-5-2-1-3-6-14/h1-3,5-6,9-12,17-18,20,28H,4,7-8,13H2,(H,23,26)(H,24,27). The van der Waals surface area contributed by atoms with Gasteiger partial charge in [-0.05, 0) is 36.1 Å². The molecule has 1 fully saturated rings. The quantitative estimate of drug-likeness (QED) is 0.537. The van der Waals surface area contributed by atoms with Gasteiger partial charge in [0, 0.05) is 18.0 Å². The average molecular weight is 393 g/mol. The summed E-state index contributed by atoms with van der Waals surface area (Å²) in [5.41, 5.74) is 5.12. The van der Waals surface area contributed by atoms with Crippen molar-refractivity contribution in [3.63, 3.8) is 0 Å². The number of nitrogens with zero attached hydrogens (tertiary/aromatic N) is 1. The molecule has 0 radical (unpaired) electrons. The van der Waals surface area contributed by atoms with Crippen molar-refractivity contribution in [3.8, 4) is 0 Å². The van der Waals surface area contributed by atoms with Crippen LogP contribution in [0.4, 0.5) is 0 Å². The molecule has 4 rings (SSSR count). The largest absolute Gasteiger partial charge is 0.387 e. The molecule has 2 aliphatic rings. The van der Waals surface area contributed by atoms with Crippen molar-refractivity contribution in [1.82, 2.24) is 10.8 Å². The Balaban J connectivity index is 1.37. The van der Waals surface area contributed by atoms with Gasteiger partial charge in [-0.2, -0.15) is 0 Å². The molecule has 7 heteroatoms. The molecule has 2 amide bonds. The maximum Gasteiger partial charge on any atom is 0.251 e. The Labute approximate surface area is 168 Å². The molecular weight excluding hydrogens is 370 g/mol. The van der Waals surface area contributed by atoms with Crippen molar-refractivity contribution in [2.45, 2.75) is 37.8 Å². The van der Waals surface area contributed by atoms with E-state index < -0.39 is 11.8 Å². The van der Waals surface area contributed by atoms with Crippen molar-refractivity contribution >= 4 is 17.5 Å². The van der Waals surface area contributed by atoms with Crippen LogP contribution in [0.15, 0.2) is 59.8 Å². The molecule has 1 aliphatic heterocycles. The highest BCUT2D eigenvalue weighted by molar-refractivity contribution is 6.01. The van der Waals surface area contributed by atoms with Crippen LogP contribution < -0.4 is 10.8 Å². The van der Waals surface area contributed by atoms with Gasteiger partial charge >= 0.3 is 0 Å². The summed E-state index contributed by atoms with van der Waals surface area (Å²) in [6.45, 7) is 0. The second-order valence-corrected chi connectivity index (χ2v) is 7.42. The summed E-state index contributed by atoms with van der Waals surface area (Å²) < 4.78 is 0. The number of benzene rings is 2. The molecule has 0 spiro atoms. The third-order valence-electron chi connectivity index (χ3n) is 5.60. The zero-order valence-corrected chi connectivity index (χ0v) is 15.9. The molecule has 1 saturated carbocycles. The Bertz CT molecular complexity index is 911. The van der Waals surface area contributed by atoms with E-state index in [2.05, 4.69) is 10.5 Å². The van der Waals surface area contributed by atoms with Crippen LogP contribution in [0.2, 0.25) is 0 Å². The highest BCUT2D eigenvalue weighted by Gasteiger charge is 2.34. The highest BCUT2D eigenvalue weighted by Crippen LogP contribution is 2.30. The van der Waals surface area contributed by atoms with E-state index in [1.807, 2.05) is 42.5 Å². The van der Waals surface area contributed by atoms with Gasteiger partial charge in [0.1, 0.15) is 0 Å². The van der Waals surface area contributed by atoms with Gasteiger partial charge in [0.15, 0.2) is 6.10 Å². The average Bonchev–Trinajstić information content (AvgIpc) is 3.44. The Hall–Kier alpha value is -3.19.